The zero-order chi connectivity index (χ0) is 11.1. The number of hydrogen-bond donors (Lipinski definition) is 2. The summed E-state index contributed by atoms with van der Waals surface area (Å²) in [5, 5.41) is 3.90. The van der Waals surface area contributed by atoms with Crippen molar-refractivity contribution in [1.29, 1.82) is 0 Å². The Labute approximate surface area is 88.7 Å². The third kappa shape index (κ3) is 4.76. The van der Waals surface area contributed by atoms with Crippen molar-refractivity contribution in [3.63, 3.8) is 0 Å². The molecule has 0 saturated carbocycles. The smallest absolute Gasteiger partial charge is 0.314 e. The zero-order valence-corrected chi connectivity index (χ0v) is 9.35. The molecule has 0 aromatic carbocycles. The summed E-state index contributed by atoms with van der Waals surface area (Å²) in [5.41, 5.74) is 8.17. The van der Waals surface area contributed by atoms with Gasteiger partial charge in [-0.05, 0) is 33.0 Å². The van der Waals surface area contributed by atoms with Crippen LogP contribution in [0.2, 0.25) is 0 Å². The molecule has 0 unspecified atom stereocenters. The average Bonchev–Trinajstić information content (AvgIpc) is 2.13. The SMILES string of the molecule is CCOC(=O)[C@H](C)/C(C)=N/NC(N)=S. The van der Waals surface area contributed by atoms with Crippen molar-refractivity contribution in [3.8, 4) is 0 Å². The third-order valence-electron chi connectivity index (χ3n) is 1.61. The summed E-state index contributed by atoms with van der Waals surface area (Å²) in [6.07, 6.45) is 0. The Morgan fingerprint density at radius 1 is 1.71 bits per heavy atom. The van der Waals surface area contributed by atoms with Crippen molar-refractivity contribution in [2.45, 2.75) is 20.8 Å². The summed E-state index contributed by atoms with van der Waals surface area (Å²) in [6.45, 7) is 5.52. The lowest BCUT2D eigenvalue weighted by molar-refractivity contribution is -0.145. The van der Waals surface area contributed by atoms with Gasteiger partial charge in [0.1, 0.15) is 0 Å². The van der Waals surface area contributed by atoms with Crippen LogP contribution >= 0.6 is 12.2 Å². The number of nitrogens with two attached hydrogens (primary N) is 1. The molecule has 0 saturated heterocycles. The Morgan fingerprint density at radius 2 is 2.29 bits per heavy atom. The number of hydrazone groups is 1. The lowest BCUT2D eigenvalue weighted by Gasteiger charge is -2.09. The molecule has 0 aromatic heterocycles. The number of carbonyl (C=O) groups is 1. The number of nitrogens with zero attached hydrogens (tertiary/aromatic N) is 1. The van der Waals surface area contributed by atoms with Gasteiger partial charge in [-0.15, -0.1) is 0 Å². The summed E-state index contributed by atoms with van der Waals surface area (Å²) >= 11 is 4.56. The summed E-state index contributed by atoms with van der Waals surface area (Å²) in [4.78, 5) is 11.2. The standard InChI is InChI=1S/C8H15N3O2S/c1-4-13-7(12)5(2)6(3)10-11-8(9)14/h5H,4H2,1-3H3,(H3,9,11,14)/b10-6+/t5-/m1/s1. The molecule has 0 aromatic rings. The number of ether oxygens (including phenoxy) is 1. The van der Waals surface area contributed by atoms with E-state index < -0.39 is 5.92 Å². The fraction of sp³-hybridized carbons (Fsp3) is 0.625. The maximum Gasteiger partial charge on any atom is 0.314 e. The highest BCUT2D eigenvalue weighted by Crippen LogP contribution is 2.01. The first-order chi connectivity index (χ1) is 6.49. The van der Waals surface area contributed by atoms with E-state index in [1.165, 1.54) is 0 Å². The Hall–Kier alpha value is -1.17. The Kier molecular flexibility index (Phi) is 5.78. The topological polar surface area (TPSA) is 76.7 Å². The molecule has 0 heterocycles. The molecule has 80 valence electrons. The Morgan fingerprint density at radius 3 is 2.71 bits per heavy atom. The molecule has 6 heteroatoms. The molecule has 0 aliphatic heterocycles. The molecule has 0 rings (SSSR count). The minimum Gasteiger partial charge on any atom is -0.465 e. The summed E-state index contributed by atoms with van der Waals surface area (Å²) in [7, 11) is 0. The number of thiocarbonyl (C=S) groups is 1. The second-order valence-electron chi connectivity index (χ2n) is 2.70. The molecule has 0 aliphatic rings. The predicted molar refractivity (Wildman–Crippen MR) is 58.8 cm³/mol. The normalized spacial score (nSPS) is 13.2. The van der Waals surface area contributed by atoms with Crippen molar-refractivity contribution >= 4 is 29.0 Å². The van der Waals surface area contributed by atoms with Crippen LogP contribution in [0.5, 0.6) is 0 Å². The molecule has 0 radical (unpaired) electrons. The first-order valence-electron chi connectivity index (χ1n) is 4.25. The van der Waals surface area contributed by atoms with Gasteiger partial charge in [-0.1, -0.05) is 0 Å². The number of esters is 1. The van der Waals surface area contributed by atoms with Gasteiger partial charge in [-0.25, -0.2) is 0 Å². The van der Waals surface area contributed by atoms with Crippen LogP contribution in [-0.4, -0.2) is 23.4 Å². The molecular formula is C8H15N3O2S. The van der Waals surface area contributed by atoms with Crippen LogP contribution in [-0.2, 0) is 9.53 Å². The van der Waals surface area contributed by atoms with Crippen LogP contribution in [0.15, 0.2) is 5.10 Å². The van der Waals surface area contributed by atoms with E-state index in [4.69, 9.17) is 10.5 Å². The van der Waals surface area contributed by atoms with Gasteiger partial charge < -0.3 is 10.5 Å². The Bertz CT molecular complexity index is 253. The van der Waals surface area contributed by atoms with Crippen molar-refractivity contribution in [3.05, 3.63) is 0 Å². The van der Waals surface area contributed by atoms with E-state index in [9.17, 15) is 4.79 Å². The first-order valence-corrected chi connectivity index (χ1v) is 4.66. The van der Waals surface area contributed by atoms with E-state index in [1.807, 2.05) is 0 Å². The molecule has 5 nitrogen and oxygen atoms in total. The second kappa shape index (κ2) is 6.31. The highest BCUT2D eigenvalue weighted by Gasteiger charge is 2.16. The van der Waals surface area contributed by atoms with Crippen molar-refractivity contribution in [1.82, 2.24) is 5.43 Å². The molecule has 1 atom stereocenters. The van der Waals surface area contributed by atoms with Crippen molar-refractivity contribution in [2.24, 2.45) is 16.8 Å². The van der Waals surface area contributed by atoms with Gasteiger partial charge in [0.15, 0.2) is 5.11 Å². The minimum absolute atomic E-state index is 0.0698. The maximum absolute atomic E-state index is 11.2. The number of hydrogen-bond acceptors (Lipinski definition) is 4. The highest BCUT2D eigenvalue weighted by atomic mass is 32.1. The van der Waals surface area contributed by atoms with Gasteiger partial charge in [0, 0.05) is 5.71 Å². The van der Waals surface area contributed by atoms with Crippen LogP contribution in [0, 0.1) is 5.92 Å². The fourth-order valence-corrected chi connectivity index (χ4v) is 0.724. The zero-order valence-electron chi connectivity index (χ0n) is 8.53. The van der Waals surface area contributed by atoms with E-state index in [-0.39, 0.29) is 11.1 Å². The second-order valence-corrected chi connectivity index (χ2v) is 3.14. The average molecular weight is 217 g/mol. The fourth-order valence-electron chi connectivity index (χ4n) is 0.678. The lowest BCUT2D eigenvalue weighted by Crippen LogP contribution is -2.28. The summed E-state index contributed by atoms with van der Waals surface area (Å²) in [5.74, 6) is -0.699. The van der Waals surface area contributed by atoms with E-state index in [2.05, 4.69) is 22.7 Å². The lowest BCUT2D eigenvalue weighted by atomic mass is 10.1. The minimum atomic E-state index is -0.392. The van der Waals surface area contributed by atoms with E-state index in [1.54, 1.807) is 20.8 Å². The number of carbonyl (C=O) groups excluding carboxylic acids is 1. The van der Waals surface area contributed by atoms with Crippen LogP contribution in [0.25, 0.3) is 0 Å². The molecule has 0 aliphatic carbocycles. The molecular weight excluding hydrogens is 202 g/mol. The monoisotopic (exact) mass is 217 g/mol. The van der Waals surface area contributed by atoms with E-state index in [0.29, 0.717) is 12.3 Å². The predicted octanol–water partition coefficient (Wildman–Crippen LogP) is 0.395. The highest BCUT2D eigenvalue weighted by molar-refractivity contribution is 7.80. The van der Waals surface area contributed by atoms with Gasteiger partial charge in [0.05, 0.1) is 12.5 Å². The largest absolute Gasteiger partial charge is 0.465 e. The van der Waals surface area contributed by atoms with Crippen LogP contribution < -0.4 is 11.2 Å². The molecule has 14 heavy (non-hydrogen) atoms. The van der Waals surface area contributed by atoms with Crippen LogP contribution in [0.3, 0.4) is 0 Å². The van der Waals surface area contributed by atoms with Gasteiger partial charge in [0.2, 0.25) is 0 Å². The third-order valence-corrected chi connectivity index (χ3v) is 1.70. The van der Waals surface area contributed by atoms with Crippen LogP contribution in [0.1, 0.15) is 20.8 Å². The molecule has 3 N–H and O–H groups in total. The quantitative estimate of drug-likeness (QED) is 0.308. The van der Waals surface area contributed by atoms with Crippen molar-refractivity contribution in [2.75, 3.05) is 6.61 Å². The molecule has 0 spiro atoms. The molecule has 0 bridgehead atoms. The number of rotatable bonds is 4. The van der Waals surface area contributed by atoms with Crippen LogP contribution in [0.4, 0.5) is 0 Å². The van der Waals surface area contributed by atoms with Gasteiger partial charge in [-0.2, -0.15) is 5.10 Å². The summed E-state index contributed by atoms with van der Waals surface area (Å²) in [6, 6.07) is 0. The Balaban J connectivity index is 4.22. The number of nitrogens with one attached hydrogen (secondary N) is 1. The maximum atomic E-state index is 11.2. The van der Waals surface area contributed by atoms with Gasteiger partial charge >= 0.3 is 5.97 Å². The van der Waals surface area contributed by atoms with E-state index in [0.717, 1.165) is 0 Å². The molecule has 0 amide bonds. The summed E-state index contributed by atoms with van der Waals surface area (Å²) < 4.78 is 4.82. The van der Waals surface area contributed by atoms with E-state index >= 15 is 0 Å². The van der Waals surface area contributed by atoms with Gasteiger partial charge in [0.25, 0.3) is 0 Å². The first kappa shape index (κ1) is 12.8. The van der Waals surface area contributed by atoms with Gasteiger partial charge in [-0.3, -0.25) is 10.2 Å². The van der Waals surface area contributed by atoms with Crippen molar-refractivity contribution < 1.29 is 9.53 Å². The molecule has 0 fully saturated rings.